The van der Waals surface area contributed by atoms with Gasteiger partial charge in [-0.15, -0.1) is 0 Å². The van der Waals surface area contributed by atoms with Crippen LogP contribution in [0.4, 0.5) is 0 Å². The van der Waals surface area contributed by atoms with Crippen molar-refractivity contribution in [3.05, 3.63) is 35.9 Å². The molecule has 0 spiro atoms. The number of carboxylic acids is 1. The van der Waals surface area contributed by atoms with Gasteiger partial charge in [-0.1, -0.05) is 55.7 Å². The Kier molecular flexibility index (Phi) is 10.1. The Morgan fingerprint density at radius 2 is 1.81 bits per heavy atom. The van der Waals surface area contributed by atoms with E-state index < -0.39 is 31.9 Å². The van der Waals surface area contributed by atoms with Gasteiger partial charge in [-0.05, 0) is 24.8 Å². The predicted molar refractivity (Wildman–Crippen MR) is 99.4 cm³/mol. The van der Waals surface area contributed by atoms with Gasteiger partial charge in [0.15, 0.2) is 0 Å². The molecule has 0 saturated heterocycles. The molecule has 0 heterocycles. The van der Waals surface area contributed by atoms with Crippen LogP contribution in [0.2, 0.25) is 0 Å². The van der Waals surface area contributed by atoms with Crippen LogP contribution >= 0.6 is 7.80 Å². The fourth-order valence-electron chi connectivity index (χ4n) is 2.27. The fraction of sp³-hybridized carbons (Fsp3) is 0.579. The average molecular weight is 383 g/mol. The Morgan fingerprint density at radius 3 is 2.35 bits per heavy atom. The number of unbranched alkanes of at least 4 members (excludes halogenated alkanes) is 1. The fourth-order valence-corrected chi connectivity index (χ4v) is 3.54. The number of carbonyl (C=O) groups excluding carboxylic acids is 1. The molecular formula is C19H28O6P+. The standard InChI is InChI=1S/C19H27O6P/c1-4-16(20)24-18(14(2)3)25-19(17(21)22)26(23)13-9-8-12-15-10-6-5-7-11-15/h5-7,10-11,14,18-19H,4,8-9,12-13H2,1-3H3/p+1/t18-,19+/m0/s1. The van der Waals surface area contributed by atoms with Crippen LogP contribution < -0.4 is 0 Å². The van der Waals surface area contributed by atoms with E-state index in [1.54, 1.807) is 20.8 Å². The van der Waals surface area contributed by atoms with Crippen LogP contribution in [0.1, 0.15) is 45.6 Å². The molecule has 144 valence electrons. The van der Waals surface area contributed by atoms with Gasteiger partial charge in [-0.25, -0.2) is 4.79 Å². The summed E-state index contributed by atoms with van der Waals surface area (Å²) in [4.78, 5) is 22.9. The van der Waals surface area contributed by atoms with E-state index in [0.717, 1.165) is 12.8 Å². The molecule has 1 aromatic rings. The zero-order valence-corrected chi connectivity index (χ0v) is 16.5. The van der Waals surface area contributed by atoms with E-state index in [1.807, 2.05) is 30.3 Å². The summed E-state index contributed by atoms with van der Waals surface area (Å²) in [6.07, 6.45) is 1.70. The summed E-state index contributed by atoms with van der Waals surface area (Å²) in [7, 11) is -2.11. The first-order valence-electron chi connectivity index (χ1n) is 8.90. The van der Waals surface area contributed by atoms with E-state index in [1.165, 1.54) is 5.56 Å². The van der Waals surface area contributed by atoms with Crippen LogP contribution in [0.25, 0.3) is 0 Å². The lowest BCUT2D eigenvalue weighted by atomic mass is 10.1. The van der Waals surface area contributed by atoms with Crippen LogP contribution in [0.3, 0.4) is 0 Å². The monoisotopic (exact) mass is 383 g/mol. The Hall–Kier alpha value is -1.78. The SMILES string of the molecule is CCC(=O)O[C@@H](O[C@@H](C(=O)O)[P+](=O)CCCCc1ccccc1)C(C)C. The number of aliphatic carboxylic acids is 1. The normalized spacial score (nSPS) is 13.9. The minimum absolute atomic E-state index is 0.163. The molecule has 0 amide bonds. The second kappa shape index (κ2) is 11.8. The molecule has 26 heavy (non-hydrogen) atoms. The lowest BCUT2D eigenvalue weighted by molar-refractivity contribution is -0.198. The zero-order chi connectivity index (χ0) is 19.5. The van der Waals surface area contributed by atoms with Gasteiger partial charge in [-0.3, -0.25) is 9.53 Å². The number of carboxylic acid groups (broad SMARTS) is 1. The van der Waals surface area contributed by atoms with Gasteiger partial charge >= 0.3 is 25.6 Å². The molecule has 6 nitrogen and oxygen atoms in total. The van der Waals surface area contributed by atoms with Gasteiger partial charge in [0.25, 0.3) is 0 Å². The summed E-state index contributed by atoms with van der Waals surface area (Å²) < 4.78 is 22.9. The molecule has 1 unspecified atom stereocenters. The van der Waals surface area contributed by atoms with E-state index in [-0.39, 0.29) is 18.5 Å². The summed E-state index contributed by atoms with van der Waals surface area (Å²) in [6.45, 7) is 5.14. The molecule has 3 atom stereocenters. The van der Waals surface area contributed by atoms with Crippen LogP contribution in [0.5, 0.6) is 0 Å². The van der Waals surface area contributed by atoms with E-state index in [0.29, 0.717) is 6.42 Å². The highest BCUT2D eigenvalue weighted by molar-refractivity contribution is 7.46. The number of esters is 1. The third-order valence-electron chi connectivity index (χ3n) is 3.75. The Balaban J connectivity index is 2.54. The highest BCUT2D eigenvalue weighted by Crippen LogP contribution is 2.33. The van der Waals surface area contributed by atoms with Crippen LogP contribution in [0, 0.1) is 5.92 Å². The van der Waals surface area contributed by atoms with Crippen LogP contribution in [0.15, 0.2) is 30.3 Å². The minimum Gasteiger partial charge on any atom is -0.476 e. The van der Waals surface area contributed by atoms with Crippen molar-refractivity contribution in [2.24, 2.45) is 5.92 Å². The maximum atomic E-state index is 12.4. The van der Waals surface area contributed by atoms with Crippen molar-refractivity contribution in [1.29, 1.82) is 0 Å². The summed E-state index contributed by atoms with van der Waals surface area (Å²) in [5.41, 5.74) is 1.19. The van der Waals surface area contributed by atoms with Crippen LogP contribution in [-0.4, -0.2) is 35.3 Å². The molecule has 1 N–H and O–H groups in total. The highest BCUT2D eigenvalue weighted by Gasteiger charge is 2.41. The van der Waals surface area contributed by atoms with E-state index in [2.05, 4.69) is 0 Å². The zero-order valence-electron chi connectivity index (χ0n) is 15.6. The van der Waals surface area contributed by atoms with E-state index in [9.17, 15) is 19.3 Å². The van der Waals surface area contributed by atoms with Crippen molar-refractivity contribution in [3.8, 4) is 0 Å². The topological polar surface area (TPSA) is 89.9 Å². The number of hydrogen-bond acceptors (Lipinski definition) is 5. The van der Waals surface area contributed by atoms with Crippen molar-refractivity contribution >= 4 is 19.7 Å². The van der Waals surface area contributed by atoms with Gasteiger partial charge in [0.2, 0.25) is 6.29 Å². The maximum absolute atomic E-state index is 12.4. The van der Waals surface area contributed by atoms with Crippen molar-refractivity contribution in [1.82, 2.24) is 0 Å². The first-order chi connectivity index (χ1) is 12.3. The highest BCUT2D eigenvalue weighted by atomic mass is 31.1. The number of benzene rings is 1. The van der Waals surface area contributed by atoms with Gasteiger partial charge in [0.05, 0.1) is 0 Å². The summed E-state index contributed by atoms with van der Waals surface area (Å²) >= 11 is 0. The first kappa shape index (κ1) is 22.3. The van der Waals surface area contributed by atoms with Crippen LogP contribution in [-0.2, 0) is 30.0 Å². The third-order valence-corrected chi connectivity index (χ3v) is 5.38. The molecule has 0 fully saturated rings. The van der Waals surface area contributed by atoms with Gasteiger partial charge < -0.3 is 9.84 Å². The smallest absolute Gasteiger partial charge is 0.384 e. The lowest BCUT2D eigenvalue weighted by Crippen LogP contribution is -2.33. The van der Waals surface area contributed by atoms with Gasteiger partial charge in [0, 0.05) is 12.3 Å². The molecule has 0 aliphatic rings. The summed E-state index contributed by atoms with van der Waals surface area (Å²) in [5, 5.41) is 9.35. The molecule has 0 aromatic heterocycles. The molecule has 1 rings (SSSR count). The molecule has 0 saturated carbocycles. The molecule has 0 aliphatic heterocycles. The minimum atomic E-state index is -2.11. The van der Waals surface area contributed by atoms with Crippen molar-refractivity contribution in [3.63, 3.8) is 0 Å². The Labute approximate surface area is 155 Å². The molecule has 1 aromatic carbocycles. The quantitative estimate of drug-likeness (QED) is 0.252. The maximum Gasteiger partial charge on any atom is 0.384 e. The van der Waals surface area contributed by atoms with Crippen molar-refractivity contribution in [2.75, 3.05) is 6.16 Å². The second-order valence-electron chi connectivity index (χ2n) is 6.37. The third kappa shape index (κ3) is 8.07. The number of hydrogen-bond donors (Lipinski definition) is 1. The number of aryl methyl sites for hydroxylation is 1. The van der Waals surface area contributed by atoms with Gasteiger partial charge in [-0.2, -0.15) is 0 Å². The lowest BCUT2D eigenvalue weighted by Gasteiger charge is -2.21. The molecule has 0 aliphatic carbocycles. The Morgan fingerprint density at radius 1 is 1.15 bits per heavy atom. The number of rotatable bonds is 12. The molecule has 7 heteroatoms. The summed E-state index contributed by atoms with van der Waals surface area (Å²) in [6, 6.07) is 9.93. The van der Waals surface area contributed by atoms with E-state index in [4.69, 9.17) is 9.47 Å². The van der Waals surface area contributed by atoms with Crippen molar-refractivity contribution in [2.45, 2.75) is 58.6 Å². The summed E-state index contributed by atoms with van der Waals surface area (Å²) in [5.74, 6) is -3.49. The first-order valence-corrected chi connectivity index (χ1v) is 10.4. The number of carbonyl (C=O) groups is 2. The second-order valence-corrected chi connectivity index (χ2v) is 8.12. The average Bonchev–Trinajstić information content (AvgIpc) is 2.62. The molecular weight excluding hydrogens is 355 g/mol. The predicted octanol–water partition coefficient (Wildman–Crippen LogP) is 4.20. The van der Waals surface area contributed by atoms with Gasteiger partial charge in [0.1, 0.15) is 6.16 Å². The molecule has 0 radical (unpaired) electrons. The van der Waals surface area contributed by atoms with E-state index >= 15 is 0 Å². The molecule has 0 bridgehead atoms. The largest absolute Gasteiger partial charge is 0.476 e. The van der Waals surface area contributed by atoms with Crippen molar-refractivity contribution < 1.29 is 28.7 Å². The number of ether oxygens (including phenoxy) is 2. The Bertz CT molecular complexity index is 587.